The Kier molecular flexibility index (Phi) is 3.39. The standard InChI is InChI=1S/C13H10FN3O/c1-18-11-4-5-12(14)13(6-11)17-10-3-2-9(7-15)16-8-10/h2-6,8,17H,1H3. The highest BCUT2D eigenvalue weighted by molar-refractivity contribution is 5.61. The van der Waals surface area contributed by atoms with Crippen LogP contribution in [0.1, 0.15) is 5.69 Å². The van der Waals surface area contributed by atoms with E-state index in [4.69, 9.17) is 10.00 Å². The third kappa shape index (κ3) is 2.55. The molecule has 18 heavy (non-hydrogen) atoms. The second kappa shape index (κ2) is 5.15. The minimum Gasteiger partial charge on any atom is -0.497 e. The first-order chi connectivity index (χ1) is 8.72. The summed E-state index contributed by atoms with van der Waals surface area (Å²) >= 11 is 0. The van der Waals surface area contributed by atoms with Crippen molar-refractivity contribution in [3.05, 3.63) is 48.0 Å². The molecule has 0 aliphatic heterocycles. The van der Waals surface area contributed by atoms with Crippen molar-refractivity contribution in [1.82, 2.24) is 4.98 Å². The molecule has 2 rings (SSSR count). The Morgan fingerprint density at radius 3 is 2.78 bits per heavy atom. The van der Waals surface area contributed by atoms with Crippen LogP contribution in [0.3, 0.4) is 0 Å². The predicted molar refractivity (Wildman–Crippen MR) is 65.2 cm³/mol. The summed E-state index contributed by atoms with van der Waals surface area (Å²) in [6, 6.07) is 9.53. The van der Waals surface area contributed by atoms with Gasteiger partial charge in [0.05, 0.1) is 24.7 Å². The van der Waals surface area contributed by atoms with Gasteiger partial charge in [-0.25, -0.2) is 9.37 Å². The molecule has 0 unspecified atom stereocenters. The van der Waals surface area contributed by atoms with E-state index in [0.717, 1.165) is 0 Å². The number of hydrogen-bond acceptors (Lipinski definition) is 4. The van der Waals surface area contributed by atoms with E-state index in [0.29, 0.717) is 22.8 Å². The molecule has 1 aromatic carbocycles. The van der Waals surface area contributed by atoms with Gasteiger partial charge in [0.1, 0.15) is 23.3 Å². The first-order valence-corrected chi connectivity index (χ1v) is 5.19. The van der Waals surface area contributed by atoms with Crippen LogP contribution in [0.4, 0.5) is 15.8 Å². The monoisotopic (exact) mass is 243 g/mol. The molecule has 0 radical (unpaired) electrons. The fourth-order valence-corrected chi connectivity index (χ4v) is 1.42. The molecule has 0 fully saturated rings. The number of halogens is 1. The summed E-state index contributed by atoms with van der Waals surface area (Å²) in [5.41, 5.74) is 1.20. The molecular weight excluding hydrogens is 233 g/mol. The van der Waals surface area contributed by atoms with Crippen molar-refractivity contribution in [3.63, 3.8) is 0 Å². The van der Waals surface area contributed by atoms with Gasteiger partial charge in [-0.3, -0.25) is 0 Å². The van der Waals surface area contributed by atoms with Gasteiger partial charge < -0.3 is 10.1 Å². The highest BCUT2D eigenvalue weighted by Crippen LogP contribution is 2.24. The van der Waals surface area contributed by atoms with Crippen LogP contribution in [0.15, 0.2) is 36.5 Å². The largest absolute Gasteiger partial charge is 0.497 e. The Morgan fingerprint density at radius 1 is 1.33 bits per heavy atom. The quantitative estimate of drug-likeness (QED) is 0.900. The van der Waals surface area contributed by atoms with Crippen LogP contribution in [0.25, 0.3) is 0 Å². The number of aromatic nitrogens is 1. The maximum atomic E-state index is 13.5. The van der Waals surface area contributed by atoms with Crippen LogP contribution in [0, 0.1) is 17.1 Å². The first kappa shape index (κ1) is 11.9. The zero-order chi connectivity index (χ0) is 13.0. The van der Waals surface area contributed by atoms with Crippen molar-refractivity contribution in [1.29, 1.82) is 5.26 Å². The number of ether oxygens (including phenoxy) is 1. The molecular formula is C13H10FN3O. The number of anilines is 2. The maximum absolute atomic E-state index is 13.5. The first-order valence-electron chi connectivity index (χ1n) is 5.19. The smallest absolute Gasteiger partial charge is 0.146 e. The topological polar surface area (TPSA) is 57.9 Å². The Hall–Kier alpha value is -2.61. The van der Waals surface area contributed by atoms with E-state index in [1.807, 2.05) is 6.07 Å². The molecule has 4 nitrogen and oxygen atoms in total. The molecule has 2 aromatic rings. The minimum atomic E-state index is -0.389. The van der Waals surface area contributed by atoms with Crippen LogP contribution >= 0.6 is 0 Å². The number of nitrogens with one attached hydrogen (secondary N) is 1. The van der Waals surface area contributed by atoms with Crippen LogP contribution in [-0.4, -0.2) is 12.1 Å². The maximum Gasteiger partial charge on any atom is 0.146 e. The second-order valence-electron chi connectivity index (χ2n) is 3.51. The lowest BCUT2D eigenvalue weighted by Gasteiger charge is -2.08. The highest BCUT2D eigenvalue weighted by atomic mass is 19.1. The average molecular weight is 243 g/mol. The van der Waals surface area contributed by atoms with Crippen molar-refractivity contribution < 1.29 is 9.13 Å². The van der Waals surface area contributed by atoms with E-state index < -0.39 is 0 Å². The second-order valence-corrected chi connectivity index (χ2v) is 3.51. The van der Waals surface area contributed by atoms with Gasteiger partial charge >= 0.3 is 0 Å². The lowest BCUT2D eigenvalue weighted by atomic mass is 10.2. The summed E-state index contributed by atoms with van der Waals surface area (Å²) in [6.45, 7) is 0. The fourth-order valence-electron chi connectivity index (χ4n) is 1.42. The Bertz CT molecular complexity index is 590. The zero-order valence-corrected chi connectivity index (χ0v) is 9.64. The van der Waals surface area contributed by atoms with Crippen molar-refractivity contribution in [2.45, 2.75) is 0 Å². The molecule has 0 amide bonds. The number of hydrogen-bond donors (Lipinski definition) is 1. The molecule has 0 aliphatic carbocycles. The van der Waals surface area contributed by atoms with Gasteiger partial charge in [0.15, 0.2) is 0 Å². The number of nitriles is 1. The van der Waals surface area contributed by atoms with Gasteiger partial charge in [0.2, 0.25) is 0 Å². The number of pyridine rings is 1. The third-order valence-corrected chi connectivity index (χ3v) is 2.33. The van der Waals surface area contributed by atoms with Crippen LogP contribution in [0.2, 0.25) is 0 Å². The molecule has 0 aliphatic rings. The van der Waals surface area contributed by atoms with Crippen molar-refractivity contribution in [3.8, 4) is 11.8 Å². The Balaban J connectivity index is 2.25. The lowest BCUT2D eigenvalue weighted by molar-refractivity contribution is 0.414. The molecule has 0 saturated carbocycles. The molecule has 0 bridgehead atoms. The number of methoxy groups -OCH3 is 1. The van der Waals surface area contributed by atoms with E-state index in [-0.39, 0.29) is 5.82 Å². The molecule has 0 atom stereocenters. The molecule has 0 spiro atoms. The number of benzene rings is 1. The van der Waals surface area contributed by atoms with E-state index in [2.05, 4.69) is 10.3 Å². The van der Waals surface area contributed by atoms with E-state index in [1.54, 1.807) is 18.2 Å². The van der Waals surface area contributed by atoms with Gasteiger partial charge in [-0.1, -0.05) is 0 Å². The van der Waals surface area contributed by atoms with Gasteiger partial charge in [-0.2, -0.15) is 5.26 Å². The molecule has 1 aromatic heterocycles. The molecule has 1 heterocycles. The van der Waals surface area contributed by atoms with Crippen molar-refractivity contribution in [2.24, 2.45) is 0 Å². The van der Waals surface area contributed by atoms with E-state index in [1.165, 1.54) is 25.4 Å². The lowest BCUT2D eigenvalue weighted by Crippen LogP contribution is -1.96. The highest BCUT2D eigenvalue weighted by Gasteiger charge is 2.04. The summed E-state index contributed by atoms with van der Waals surface area (Å²) < 4.78 is 18.6. The van der Waals surface area contributed by atoms with Gasteiger partial charge in [-0.05, 0) is 24.3 Å². The minimum absolute atomic E-state index is 0.292. The normalized spacial score (nSPS) is 9.61. The summed E-state index contributed by atoms with van der Waals surface area (Å²) in [5, 5.41) is 11.5. The third-order valence-electron chi connectivity index (χ3n) is 2.33. The van der Waals surface area contributed by atoms with E-state index in [9.17, 15) is 4.39 Å². The summed E-state index contributed by atoms with van der Waals surface area (Å²) in [6.07, 6.45) is 1.47. The average Bonchev–Trinajstić information content (AvgIpc) is 2.42. The predicted octanol–water partition coefficient (Wildman–Crippen LogP) is 2.84. The van der Waals surface area contributed by atoms with Crippen LogP contribution < -0.4 is 10.1 Å². The zero-order valence-electron chi connectivity index (χ0n) is 9.64. The van der Waals surface area contributed by atoms with Gasteiger partial charge in [0, 0.05) is 6.07 Å². The Labute approximate surface area is 104 Å². The number of rotatable bonds is 3. The molecule has 90 valence electrons. The molecule has 5 heteroatoms. The summed E-state index contributed by atoms with van der Waals surface area (Å²) in [4.78, 5) is 3.89. The van der Waals surface area contributed by atoms with Gasteiger partial charge in [0.25, 0.3) is 0 Å². The molecule has 0 saturated heterocycles. The SMILES string of the molecule is COc1ccc(F)c(Nc2ccc(C#N)nc2)c1. The number of nitrogens with zero attached hydrogens (tertiary/aromatic N) is 2. The van der Waals surface area contributed by atoms with Crippen LogP contribution in [0.5, 0.6) is 5.75 Å². The Morgan fingerprint density at radius 2 is 2.17 bits per heavy atom. The summed E-state index contributed by atoms with van der Waals surface area (Å²) in [7, 11) is 1.51. The fraction of sp³-hybridized carbons (Fsp3) is 0.0769. The summed E-state index contributed by atoms with van der Waals surface area (Å²) in [5.74, 6) is 0.167. The van der Waals surface area contributed by atoms with Crippen molar-refractivity contribution in [2.75, 3.05) is 12.4 Å². The van der Waals surface area contributed by atoms with Crippen molar-refractivity contribution >= 4 is 11.4 Å². The van der Waals surface area contributed by atoms with Crippen LogP contribution in [-0.2, 0) is 0 Å². The molecule has 1 N–H and O–H groups in total. The van der Waals surface area contributed by atoms with E-state index >= 15 is 0 Å². The van der Waals surface area contributed by atoms with Gasteiger partial charge in [-0.15, -0.1) is 0 Å².